The Bertz CT molecular complexity index is 1180. The Morgan fingerprint density at radius 2 is 1.85 bits per heavy atom. The van der Waals surface area contributed by atoms with Gasteiger partial charge in [-0.2, -0.15) is 0 Å². The molecule has 0 saturated heterocycles. The predicted molar refractivity (Wildman–Crippen MR) is 145 cm³/mol. The van der Waals surface area contributed by atoms with Gasteiger partial charge in [-0.15, -0.1) is 0 Å². The van der Waals surface area contributed by atoms with E-state index in [0.29, 0.717) is 32.3 Å². The third-order valence-corrected chi connectivity index (χ3v) is 10.6. The van der Waals surface area contributed by atoms with Crippen molar-refractivity contribution >= 4 is 24.0 Å². The maximum absolute atomic E-state index is 13.9. The first-order valence-electron chi connectivity index (χ1n) is 14.4. The van der Waals surface area contributed by atoms with Gasteiger partial charge in [-0.05, 0) is 67.4 Å². The van der Waals surface area contributed by atoms with Crippen LogP contribution in [0.1, 0.15) is 71.3 Å². The van der Waals surface area contributed by atoms with Gasteiger partial charge in [0, 0.05) is 24.7 Å². The molecule has 0 bridgehead atoms. The Hall–Kier alpha value is -2.84. The second-order valence-electron chi connectivity index (χ2n) is 12.4. The van der Waals surface area contributed by atoms with Gasteiger partial charge in [-0.25, -0.2) is 0 Å². The summed E-state index contributed by atoms with van der Waals surface area (Å²) in [6.07, 6.45) is 5.98. The molecule has 4 aliphatic carbocycles. The lowest BCUT2D eigenvalue weighted by Gasteiger charge is -2.61. The summed E-state index contributed by atoms with van der Waals surface area (Å²) < 4.78 is 23.4. The summed E-state index contributed by atoms with van der Waals surface area (Å²) in [5, 5.41) is 0. The van der Waals surface area contributed by atoms with Gasteiger partial charge in [0.15, 0.2) is 12.4 Å². The number of Topliss-reactive ketones (excluding diaryl/α,β-unsaturated/α-hetero) is 1. The fraction of sp³-hybridized carbons (Fsp3) is 0.625. The average Bonchev–Trinajstić information content (AvgIpc) is 3.23. The highest BCUT2D eigenvalue weighted by molar-refractivity contribution is 5.92. The fourth-order valence-electron chi connectivity index (χ4n) is 8.77. The van der Waals surface area contributed by atoms with Crippen molar-refractivity contribution in [2.24, 2.45) is 28.6 Å². The van der Waals surface area contributed by atoms with E-state index in [1.165, 1.54) is 6.92 Å². The average molecular weight is 553 g/mol. The molecule has 0 heterocycles. The number of allylic oxidation sites excluding steroid dienone is 1. The molecule has 216 valence electrons. The zero-order chi connectivity index (χ0) is 28.5. The molecule has 7 atom stereocenters. The molecule has 0 N–H and O–H groups in total. The number of hydrogen-bond donors (Lipinski definition) is 0. The smallest absolute Gasteiger partial charge is 0.303 e. The molecule has 0 spiro atoms. The molecular formula is C32H40O8. The van der Waals surface area contributed by atoms with Crippen LogP contribution >= 0.6 is 0 Å². The van der Waals surface area contributed by atoms with Crippen molar-refractivity contribution in [3.8, 4) is 0 Å². The third kappa shape index (κ3) is 4.83. The predicted octanol–water partition coefficient (Wildman–Crippen LogP) is 4.73. The SMILES string of the molecule is CC(=O)OCC(=O)[C@@]1(OCOCc2ccccc2)CC[C@H]2[C@@H]3CCC4=CC(=O)CC[C@]4(C)[C@H]3[C@@H](OC=O)C[C@@]21C. The lowest BCUT2D eigenvalue weighted by molar-refractivity contribution is -0.224. The molecule has 0 aromatic heterocycles. The number of esters is 1. The van der Waals surface area contributed by atoms with E-state index in [1.54, 1.807) is 0 Å². The lowest BCUT2D eigenvalue weighted by atomic mass is 9.45. The first-order valence-corrected chi connectivity index (χ1v) is 14.4. The summed E-state index contributed by atoms with van der Waals surface area (Å²) in [6, 6.07) is 9.73. The van der Waals surface area contributed by atoms with Crippen LogP contribution in [0.25, 0.3) is 0 Å². The van der Waals surface area contributed by atoms with Crippen molar-refractivity contribution in [3.63, 3.8) is 0 Å². The zero-order valence-electron chi connectivity index (χ0n) is 23.7. The summed E-state index contributed by atoms with van der Waals surface area (Å²) in [5.74, 6) is -0.269. The van der Waals surface area contributed by atoms with Gasteiger partial charge in [-0.1, -0.05) is 49.8 Å². The molecule has 8 heteroatoms. The highest BCUT2D eigenvalue weighted by atomic mass is 16.7. The van der Waals surface area contributed by atoms with E-state index in [4.69, 9.17) is 18.9 Å². The Kier molecular flexibility index (Phi) is 8.03. The van der Waals surface area contributed by atoms with Crippen LogP contribution in [0, 0.1) is 28.6 Å². The van der Waals surface area contributed by atoms with Crippen molar-refractivity contribution in [1.29, 1.82) is 0 Å². The number of rotatable bonds is 10. The van der Waals surface area contributed by atoms with Crippen LogP contribution in [0.3, 0.4) is 0 Å². The van der Waals surface area contributed by atoms with Crippen molar-refractivity contribution in [3.05, 3.63) is 47.5 Å². The van der Waals surface area contributed by atoms with E-state index in [0.717, 1.165) is 36.8 Å². The summed E-state index contributed by atoms with van der Waals surface area (Å²) in [7, 11) is 0. The van der Waals surface area contributed by atoms with Crippen molar-refractivity contribution in [1.82, 2.24) is 0 Å². The van der Waals surface area contributed by atoms with Crippen LogP contribution in [0.5, 0.6) is 0 Å². The normalized spacial score (nSPS) is 36.5. The van der Waals surface area contributed by atoms with E-state index in [-0.39, 0.29) is 48.1 Å². The molecule has 40 heavy (non-hydrogen) atoms. The third-order valence-electron chi connectivity index (χ3n) is 10.6. The maximum atomic E-state index is 13.9. The first kappa shape index (κ1) is 28.7. The Balaban J connectivity index is 1.46. The number of fused-ring (bicyclic) bond motifs is 5. The van der Waals surface area contributed by atoms with Gasteiger partial charge in [0.2, 0.25) is 5.78 Å². The molecule has 1 aromatic rings. The summed E-state index contributed by atoms with van der Waals surface area (Å²) >= 11 is 0. The van der Waals surface area contributed by atoms with Crippen molar-refractivity contribution in [2.45, 2.75) is 84.0 Å². The van der Waals surface area contributed by atoms with E-state index < -0.39 is 23.1 Å². The molecule has 0 radical (unpaired) electrons. The zero-order valence-corrected chi connectivity index (χ0v) is 23.7. The van der Waals surface area contributed by atoms with Crippen LogP contribution in [-0.4, -0.2) is 49.1 Å². The lowest BCUT2D eigenvalue weighted by Crippen LogP contribution is -2.63. The summed E-state index contributed by atoms with van der Waals surface area (Å²) in [5.41, 5.74) is -0.00449. The quantitative estimate of drug-likeness (QED) is 0.178. The minimum atomic E-state index is -1.25. The number of carbonyl (C=O) groups is 4. The summed E-state index contributed by atoms with van der Waals surface area (Å²) in [4.78, 5) is 49.7. The van der Waals surface area contributed by atoms with Crippen LogP contribution in [-0.2, 0) is 44.7 Å². The van der Waals surface area contributed by atoms with E-state index in [1.807, 2.05) is 36.4 Å². The van der Waals surface area contributed by atoms with Gasteiger partial charge in [-0.3, -0.25) is 19.2 Å². The Morgan fingerprint density at radius 1 is 1.07 bits per heavy atom. The van der Waals surface area contributed by atoms with E-state index in [9.17, 15) is 19.2 Å². The molecule has 1 aromatic carbocycles. The van der Waals surface area contributed by atoms with Crippen molar-refractivity contribution < 1.29 is 38.1 Å². The standard InChI is InChI=1S/C32H40O8/c1-21(34)38-18-28(36)32(40-20-37-17-22-7-5-4-6-8-22)14-12-26-25-10-9-23-15-24(35)11-13-30(23,2)29(25)27(39-19-33)16-31(26,32)3/h4-8,15,19,25-27,29H,9-14,16-18,20H2,1-3H3/t25-,26-,27-,29+,30-,31-,32-/m0/s1. The minimum absolute atomic E-state index is 0.0533. The molecule has 5 rings (SSSR count). The van der Waals surface area contributed by atoms with Crippen LogP contribution in [0.4, 0.5) is 0 Å². The van der Waals surface area contributed by atoms with Crippen molar-refractivity contribution in [2.75, 3.05) is 13.4 Å². The summed E-state index contributed by atoms with van der Waals surface area (Å²) in [6.45, 7) is 5.95. The number of ether oxygens (including phenoxy) is 4. The molecule has 3 fully saturated rings. The molecule has 4 aliphatic rings. The largest absolute Gasteiger partial charge is 0.464 e. The highest BCUT2D eigenvalue weighted by Crippen LogP contribution is 2.68. The number of ketones is 2. The Morgan fingerprint density at radius 3 is 2.58 bits per heavy atom. The van der Waals surface area contributed by atoms with Gasteiger partial charge in [0.1, 0.15) is 18.5 Å². The van der Waals surface area contributed by atoms with Gasteiger partial charge >= 0.3 is 5.97 Å². The van der Waals surface area contributed by atoms with Crippen LogP contribution in [0.15, 0.2) is 42.0 Å². The topological polar surface area (TPSA) is 105 Å². The molecule has 0 aliphatic heterocycles. The molecular weight excluding hydrogens is 512 g/mol. The highest BCUT2D eigenvalue weighted by Gasteiger charge is 2.70. The van der Waals surface area contributed by atoms with E-state index in [2.05, 4.69) is 13.8 Å². The van der Waals surface area contributed by atoms with Gasteiger partial charge in [0.25, 0.3) is 6.47 Å². The van der Waals surface area contributed by atoms with Gasteiger partial charge < -0.3 is 18.9 Å². The van der Waals surface area contributed by atoms with E-state index >= 15 is 0 Å². The van der Waals surface area contributed by atoms with Gasteiger partial charge in [0.05, 0.1) is 6.61 Å². The second kappa shape index (κ2) is 11.2. The monoisotopic (exact) mass is 552 g/mol. The maximum Gasteiger partial charge on any atom is 0.303 e. The molecule has 3 saturated carbocycles. The second-order valence-corrected chi connectivity index (χ2v) is 12.4. The molecule has 8 nitrogen and oxygen atoms in total. The molecule has 0 unspecified atom stereocenters. The first-order chi connectivity index (χ1) is 19.1. The molecule has 0 amide bonds. The number of benzene rings is 1. The Labute approximate surface area is 235 Å². The minimum Gasteiger partial charge on any atom is -0.464 e. The number of carbonyl (C=O) groups excluding carboxylic acids is 4. The fourth-order valence-corrected chi connectivity index (χ4v) is 8.77. The van der Waals surface area contributed by atoms with Crippen LogP contribution in [0.2, 0.25) is 0 Å². The van der Waals surface area contributed by atoms with Crippen LogP contribution < -0.4 is 0 Å². The number of hydrogen-bond acceptors (Lipinski definition) is 8.